The van der Waals surface area contributed by atoms with Crippen LogP contribution in [0.15, 0.2) is 176 Å². The Kier molecular flexibility index (Phi) is 11.6. The molecule has 0 saturated carbocycles. The average molecular weight is 1090 g/mol. The van der Waals surface area contributed by atoms with Gasteiger partial charge in [0.25, 0.3) is 0 Å². The zero-order valence-corrected chi connectivity index (χ0v) is 43.6. The molecular weight excluding hydrogens is 1040 g/mol. The van der Waals surface area contributed by atoms with E-state index in [-0.39, 0.29) is 43.1 Å². The molecule has 6 heteroatoms. The number of hydrogen-bond donors (Lipinski definition) is 1. The van der Waals surface area contributed by atoms with Crippen molar-refractivity contribution in [3.05, 3.63) is 199 Å². The van der Waals surface area contributed by atoms with E-state index >= 15 is 0 Å². The molecule has 0 radical (unpaired) electrons. The zero-order chi connectivity index (χ0) is 48.0. The normalized spacial score (nSPS) is 12.3. The summed E-state index contributed by atoms with van der Waals surface area (Å²) in [6.07, 6.45) is 1.92. The predicted octanol–water partition coefficient (Wildman–Crippen LogP) is 16.7. The molecule has 1 N–H and O–H groups in total. The minimum absolute atomic E-state index is 0. The van der Waals surface area contributed by atoms with E-state index in [1.807, 2.05) is 24.4 Å². The first-order valence-corrected chi connectivity index (χ1v) is 24.0. The quantitative estimate of drug-likeness (QED) is 0.169. The minimum atomic E-state index is -0.176. The summed E-state index contributed by atoms with van der Waals surface area (Å²) in [4.78, 5) is 10.5. The Morgan fingerprint density at radius 1 is 0.471 bits per heavy atom. The molecule has 11 rings (SSSR count). The van der Waals surface area contributed by atoms with Gasteiger partial charge in [-0.25, -0.2) is 4.98 Å². The maximum atomic E-state index is 11.4. The van der Waals surface area contributed by atoms with E-state index in [0.717, 1.165) is 50.2 Å². The van der Waals surface area contributed by atoms with Gasteiger partial charge in [0, 0.05) is 54.8 Å². The molecule has 0 amide bonds. The van der Waals surface area contributed by atoms with Gasteiger partial charge in [-0.05, 0) is 105 Å². The smallest absolute Gasteiger partial charge is 0.148 e. The third kappa shape index (κ3) is 8.24. The number of rotatable bonds is 6. The van der Waals surface area contributed by atoms with Gasteiger partial charge in [0.05, 0.1) is 33.3 Å². The van der Waals surface area contributed by atoms with Crippen LogP contribution >= 0.6 is 0 Å². The van der Waals surface area contributed by atoms with E-state index in [9.17, 15) is 5.11 Å². The Balaban J connectivity index is 0.00000567. The van der Waals surface area contributed by atoms with Gasteiger partial charge in [-0.3, -0.25) is 9.55 Å². The van der Waals surface area contributed by atoms with Crippen LogP contribution in [0.1, 0.15) is 79.0 Å². The van der Waals surface area contributed by atoms with Gasteiger partial charge >= 0.3 is 0 Å². The molecule has 0 aliphatic heterocycles. The largest absolute Gasteiger partial charge is 0.507 e. The number of aromatic hydroxyl groups is 1. The van der Waals surface area contributed by atoms with Crippen molar-refractivity contribution in [2.45, 2.75) is 78.6 Å². The van der Waals surface area contributed by atoms with Gasteiger partial charge in [-0.2, -0.15) is 0 Å². The number of hydrogen-bond acceptors (Lipinski definition) is 3. The minimum Gasteiger partial charge on any atom is -0.507 e. The summed E-state index contributed by atoms with van der Waals surface area (Å²) in [7, 11) is 0. The van der Waals surface area contributed by atoms with Crippen molar-refractivity contribution in [1.82, 2.24) is 19.1 Å². The SMILES string of the molecule is CC(C)(C)c1cc(-c2cc(-c3ccc4c(c3)c3ccccc3n4-c3cccc4ccccc34)ccn2)[c-]c(-c2cccc3c2nc(-c2ccccc2O)n3-c2cc(C(C)(C)C)cc(C(C)(C)C)c2)c1.[Pt]. The molecule has 350 valence electrons. The van der Waals surface area contributed by atoms with Gasteiger partial charge in [-0.15, -0.1) is 29.3 Å². The Bertz CT molecular complexity index is 3780. The molecule has 5 nitrogen and oxygen atoms in total. The monoisotopic (exact) mass is 1090 g/mol. The second-order valence-electron chi connectivity index (χ2n) is 21.7. The van der Waals surface area contributed by atoms with Gasteiger partial charge in [0.1, 0.15) is 11.6 Å². The van der Waals surface area contributed by atoms with Crippen LogP contribution in [-0.4, -0.2) is 24.2 Å². The summed E-state index contributed by atoms with van der Waals surface area (Å²) in [5.41, 5.74) is 16.1. The molecule has 0 aliphatic rings. The molecule has 0 fully saturated rings. The first kappa shape index (κ1) is 46.6. The van der Waals surface area contributed by atoms with E-state index in [0.29, 0.717) is 11.4 Å². The first-order chi connectivity index (χ1) is 33.0. The average Bonchev–Trinajstić information content (AvgIpc) is 3.89. The van der Waals surface area contributed by atoms with Gasteiger partial charge < -0.3 is 9.67 Å². The summed E-state index contributed by atoms with van der Waals surface area (Å²) in [5, 5.41) is 16.3. The fraction of sp³-hybridized carbons (Fsp3) is 0.188. The van der Waals surface area contributed by atoms with Crippen molar-refractivity contribution in [2.75, 3.05) is 0 Å². The maximum absolute atomic E-state index is 11.4. The van der Waals surface area contributed by atoms with Crippen molar-refractivity contribution in [1.29, 1.82) is 0 Å². The topological polar surface area (TPSA) is 55.9 Å². The molecule has 8 aromatic carbocycles. The van der Waals surface area contributed by atoms with Crippen LogP contribution < -0.4 is 0 Å². The number of aromatic nitrogens is 4. The Morgan fingerprint density at radius 3 is 1.80 bits per heavy atom. The number of phenols is 1. The summed E-state index contributed by atoms with van der Waals surface area (Å²) in [6, 6.07) is 64.3. The van der Waals surface area contributed by atoms with Crippen LogP contribution in [0.3, 0.4) is 0 Å². The number of benzene rings is 8. The first-order valence-electron chi connectivity index (χ1n) is 24.0. The molecule has 0 spiro atoms. The van der Waals surface area contributed by atoms with Crippen LogP contribution in [-0.2, 0) is 37.3 Å². The number of phenolic OH excluding ortho intramolecular Hbond substituents is 1. The third-order valence-corrected chi connectivity index (χ3v) is 13.8. The van der Waals surface area contributed by atoms with E-state index in [1.54, 1.807) is 6.07 Å². The number of nitrogens with zero attached hydrogens (tertiary/aromatic N) is 4. The molecule has 3 heterocycles. The molecule has 0 atom stereocenters. The van der Waals surface area contributed by atoms with Crippen LogP contribution in [0, 0.1) is 6.07 Å². The summed E-state index contributed by atoms with van der Waals surface area (Å²) >= 11 is 0. The van der Waals surface area contributed by atoms with Crippen LogP contribution in [0.2, 0.25) is 0 Å². The predicted molar refractivity (Wildman–Crippen MR) is 289 cm³/mol. The van der Waals surface area contributed by atoms with Crippen LogP contribution in [0.25, 0.3) is 99.9 Å². The molecular formula is C64H57N4OPt-. The molecule has 11 aromatic rings. The van der Waals surface area contributed by atoms with Crippen molar-refractivity contribution >= 4 is 43.6 Å². The standard InChI is InChI=1S/C64H57N4O.Pt/c1-62(2,3)45-33-43(50-23-17-26-58-60(50)66-61(52-22-13-15-27-59(52)69)67(58)48-38-46(63(4,5)6)37-47(39-48)64(7,8)9)32-44(34-45)54-36-42(30-31-65-54)41-28-29-57-53(35-41)51-21-12-14-24-56(51)68(57)55-25-16-19-40-18-10-11-20-49(40)55;/h10-31,33-39,69H,1-9H3;/q-1;. The fourth-order valence-corrected chi connectivity index (χ4v) is 9.89. The fourth-order valence-electron chi connectivity index (χ4n) is 9.89. The van der Waals surface area contributed by atoms with Crippen LogP contribution in [0.4, 0.5) is 0 Å². The number of pyridine rings is 1. The summed E-state index contributed by atoms with van der Waals surface area (Å²) < 4.78 is 4.64. The molecule has 3 aromatic heterocycles. The maximum Gasteiger partial charge on any atom is 0.148 e. The van der Waals surface area contributed by atoms with Crippen molar-refractivity contribution in [2.24, 2.45) is 0 Å². The van der Waals surface area contributed by atoms with E-state index < -0.39 is 0 Å². The Hall–Kier alpha value is -7.07. The van der Waals surface area contributed by atoms with E-state index in [4.69, 9.17) is 9.97 Å². The number of para-hydroxylation sites is 3. The zero-order valence-electron chi connectivity index (χ0n) is 41.3. The number of imidazole rings is 1. The third-order valence-electron chi connectivity index (χ3n) is 13.8. The number of fused-ring (bicyclic) bond motifs is 5. The van der Waals surface area contributed by atoms with E-state index in [2.05, 4.69) is 223 Å². The summed E-state index contributed by atoms with van der Waals surface area (Å²) in [6.45, 7) is 20.3. The Labute approximate surface area is 425 Å². The molecule has 0 saturated heterocycles. The second-order valence-corrected chi connectivity index (χ2v) is 21.7. The molecule has 0 bridgehead atoms. The van der Waals surface area contributed by atoms with Crippen LogP contribution in [0.5, 0.6) is 5.75 Å². The second kappa shape index (κ2) is 17.4. The van der Waals surface area contributed by atoms with Gasteiger partial charge in [0.15, 0.2) is 0 Å². The van der Waals surface area contributed by atoms with Gasteiger partial charge in [-0.1, -0.05) is 171 Å². The molecule has 0 unspecified atom stereocenters. The molecule has 70 heavy (non-hydrogen) atoms. The van der Waals surface area contributed by atoms with Crippen molar-refractivity contribution in [3.63, 3.8) is 0 Å². The van der Waals surface area contributed by atoms with Crippen molar-refractivity contribution < 1.29 is 26.2 Å². The molecule has 0 aliphatic carbocycles. The van der Waals surface area contributed by atoms with E-state index in [1.165, 1.54) is 55.0 Å². The Morgan fingerprint density at radius 2 is 1.06 bits per heavy atom. The summed E-state index contributed by atoms with van der Waals surface area (Å²) in [5.74, 6) is 0.864. The van der Waals surface area contributed by atoms with Crippen molar-refractivity contribution in [3.8, 4) is 62.0 Å². The van der Waals surface area contributed by atoms with Gasteiger partial charge in [0.2, 0.25) is 0 Å².